The number of aliphatic hydroxyl groups is 1. The summed E-state index contributed by atoms with van der Waals surface area (Å²) in [6.45, 7) is 13.8. The molecule has 0 radical (unpaired) electrons. The lowest BCUT2D eigenvalue weighted by atomic mass is 10.1. The Morgan fingerprint density at radius 2 is 2.10 bits per heavy atom. The van der Waals surface area contributed by atoms with Gasteiger partial charge in [0.2, 0.25) is 0 Å². The van der Waals surface area contributed by atoms with Crippen LogP contribution in [0.1, 0.15) is 40.5 Å². The van der Waals surface area contributed by atoms with Crippen LogP contribution >= 0.6 is 0 Å². The number of ether oxygens (including phenoxy) is 1. The van der Waals surface area contributed by atoms with Crippen molar-refractivity contribution in [2.24, 2.45) is 0 Å². The number of hydrogen-bond acceptors (Lipinski definition) is 4. The van der Waals surface area contributed by atoms with Gasteiger partial charge in [-0.2, -0.15) is 0 Å². The Labute approximate surface area is 123 Å². The van der Waals surface area contributed by atoms with Crippen LogP contribution < -0.4 is 0 Å². The minimum absolute atomic E-state index is 0.0250. The third-order valence-electron chi connectivity index (χ3n) is 4.40. The number of amides is 1. The van der Waals surface area contributed by atoms with Gasteiger partial charge in [0.05, 0.1) is 0 Å². The molecular formula is C14H29NO4Si. The first-order valence-corrected chi connectivity index (χ1v) is 10.2. The summed E-state index contributed by atoms with van der Waals surface area (Å²) in [5.41, 5.74) is 0. The summed E-state index contributed by atoms with van der Waals surface area (Å²) in [6, 6.07) is -0.0250. The Morgan fingerprint density at radius 3 is 2.55 bits per heavy atom. The Hall–Kier alpha value is -0.593. The van der Waals surface area contributed by atoms with Crippen LogP contribution in [-0.2, 0) is 9.16 Å². The molecule has 1 fully saturated rings. The molecule has 118 valence electrons. The molecule has 1 heterocycles. The molecule has 20 heavy (non-hydrogen) atoms. The van der Waals surface area contributed by atoms with Crippen LogP contribution in [0.4, 0.5) is 4.79 Å². The maximum Gasteiger partial charge on any atom is 0.412 e. The summed E-state index contributed by atoms with van der Waals surface area (Å²) in [5.74, 6) is 0. The maximum absolute atomic E-state index is 11.5. The number of carbonyl (C=O) groups is 1. The highest BCUT2D eigenvalue weighted by Gasteiger charge is 2.37. The monoisotopic (exact) mass is 303 g/mol. The first-order valence-electron chi connectivity index (χ1n) is 7.33. The van der Waals surface area contributed by atoms with Crippen LogP contribution in [0.3, 0.4) is 0 Å². The van der Waals surface area contributed by atoms with Crippen molar-refractivity contribution in [2.45, 2.75) is 70.9 Å². The van der Waals surface area contributed by atoms with Gasteiger partial charge in [0, 0.05) is 12.6 Å². The Kier molecular flexibility index (Phi) is 5.63. The molecule has 5 nitrogen and oxygen atoms in total. The molecule has 1 amide bonds. The number of nitrogens with zero attached hydrogens (tertiary/aromatic N) is 1. The molecule has 6 heteroatoms. The van der Waals surface area contributed by atoms with Gasteiger partial charge in [-0.25, -0.2) is 4.79 Å². The van der Waals surface area contributed by atoms with Gasteiger partial charge in [-0.3, -0.25) is 4.90 Å². The van der Waals surface area contributed by atoms with Gasteiger partial charge in [-0.15, -0.1) is 0 Å². The van der Waals surface area contributed by atoms with Crippen molar-refractivity contribution in [3.8, 4) is 0 Å². The van der Waals surface area contributed by atoms with E-state index in [1.54, 1.807) is 0 Å². The van der Waals surface area contributed by atoms with Crippen LogP contribution in [0.5, 0.6) is 0 Å². The molecule has 1 N–H and O–H groups in total. The third kappa shape index (κ3) is 4.20. The lowest BCUT2D eigenvalue weighted by Crippen LogP contribution is -2.42. The molecular weight excluding hydrogens is 274 g/mol. The fraction of sp³-hybridized carbons (Fsp3) is 0.929. The normalized spacial score (nSPS) is 22.1. The molecule has 0 aromatic carbocycles. The predicted octanol–water partition coefficient (Wildman–Crippen LogP) is 2.95. The van der Waals surface area contributed by atoms with E-state index in [0.29, 0.717) is 6.61 Å². The Morgan fingerprint density at radius 1 is 1.50 bits per heavy atom. The van der Waals surface area contributed by atoms with Crippen molar-refractivity contribution in [1.29, 1.82) is 0 Å². The summed E-state index contributed by atoms with van der Waals surface area (Å²) in [5, 5.41) is 9.89. The first kappa shape index (κ1) is 17.5. The average molecular weight is 303 g/mol. The molecule has 0 saturated carbocycles. The first-order chi connectivity index (χ1) is 9.06. The average Bonchev–Trinajstić information content (AvgIpc) is 2.63. The molecule has 1 aliphatic heterocycles. The van der Waals surface area contributed by atoms with E-state index in [2.05, 4.69) is 33.9 Å². The Balaban J connectivity index is 2.33. The zero-order valence-electron chi connectivity index (χ0n) is 13.6. The minimum Gasteiger partial charge on any atom is -0.445 e. The summed E-state index contributed by atoms with van der Waals surface area (Å²) in [7, 11) is -1.69. The Bertz CT molecular complexity index is 341. The second-order valence-corrected chi connectivity index (χ2v) is 11.9. The highest BCUT2D eigenvalue weighted by atomic mass is 28.4. The highest BCUT2D eigenvalue weighted by Crippen LogP contribution is 2.36. The maximum atomic E-state index is 11.5. The van der Waals surface area contributed by atoms with Crippen LogP contribution in [0, 0.1) is 0 Å². The lowest BCUT2D eigenvalue weighted by Gasteiger charge is -2.36. The molecule has 0 bridgehead atoms. The topological polar surface area (TPSA) is 59.0 Å². The van der Waals surface area contributed by atoms with Gasteiger partial charge in [0.15, 0.2) is 14.5 Å². The van der Waals surface area contributed by atoms with E-state index in [-0.39, 0.29) is 17.7 Å². The quantitative estimate of drug-likeness (QED) is 0.605. The van der Waals surface area contributed by atoms with E-state index in [0.717, 1.165) is 12.8 Å². The molecule has 2 unspecified atom stereocenters. The van der Waals surface area contributed by atoms with Crippen molar-refractivity contribution in [3.05, 3.63) is 0 Å². The van der Waals surface area contributed by atoms with Gasteiger partial charge in [-0.1, -0.05) is 20.8 Å². The van der Waals surface area contributed by atoms with Crippen molar-refractivity contribution in [2.75, 3.05) is 13.2 Å². The molecule has 1 rings (SSSR count). The van der Waals surface area contributed by atoms with Gasteiger partial charge in [0.25, 0.3) is 0 Å². The fourth-order valence-electron chi connectivity index (χ4n) is 1.96. The molecule has 0 aromatic rings. The molecule has 0 spiro atoms. The molecule has 1 aliphatic rings. The zero-order valence-corrected chi connectivity index (χ0v) is 14.6. The van der Waals surface area contributed by atoms with Crippen molar-refractivity contribution in [1.82, 2.24) is 4.90 Å². The molecule has 1 saturated heterocycles. The van der Waals surface area contributed by atoms with Crippen LogP contribution in [0.25, 0.3) is 0 Å². The van der Waals surface area contributed by atoms with Gasteiger partial charge >= 0.3 is 6.09 Å². The minimum atomic E-state index is -1.69. The third-order valence-corrected chi connectivity index (χ3v) is 8.94. The van der Waals surface area contributed by atoms with E-state index in [4.69, 9.17) is 9.16 Å². The standard InChI is InChI=1S/C14H29NO4Si/c1-11(15-12(16)10-18-13(15)17)8-7-9-19-20(5,6)14(2,3)4/h11-12,16H,7-10H2,1-6H3. The second-order valence-electron chi connectivity index (χ2n) is 7.06. The summed E-state index contributed by atoms with van der Waals surface area (Å²) in [6.07, 6.45) is 0.458. The summed E-state index contributed by atoms with van der Waals surface area (Å²) < 4.78 is 10.9. The number of rotatable bonds is 6. The van der Waals surface area contributed by atoms with Crippen LogP contribution in [0.2, 0.25) is 18.1 Å². The van der Waals surface area contributed by atoms with Crippen LogP contribution in [0.15, 0.2) is 0 Å². The molecule has 0 aliphatic carbocycles. The van der Waals surface area contributed by atoms with E-state index in [9.17, 15) is 9.90 Å². The number of hydrogen-bond donors (Lipinski definition) is 1. The van der Waals surface area contributed by atoms with E-state index in [1.165, 1.54) is 4.90 Å². The van der Waals surface area contributed by atoms with Crippen molar-refractivity contribution in [3.63, 3.8) is 0 Å². The highest BCUT2D eigenvalue weighted by molar-refractivity contribution is 6.74. The largest absolute Gasteiger partial charge is 0.445 e. The smallest absolute Gasteiger partial charge is 0.412 e. The fourth-order valence-corrected chi connectivity index (χ4v) is 3.05. The lowest BCUT2D eigenvalue weighted by molar-refractivity contribution is 0.0359. The molecule has 0 aromatic heterocycles. The second kappa shape index (κ2) is 6.45. The van der Waals surface area contributed by atoms with Gasteiger partial charge in [0.1, 0.15) is 6.61 Å². The number of aliphatic hydroxyl groups excluding tert-OH is 1. The van der Waals surface area contributed by atoms with E-state index < -0.39 is 20.6 Å². The van der Waals surface area contributed by atoms with E-state index >= 15 is 0 Å². The summed E-state index contributed by atoms with van der Waals surface area (Å²) >= 11 is 0. The summed E-state index contributed by atoms with van der Waals surface area (Å²) in [4.78, 5) is 12.9. The SMILES string of the molecule is CC(CCCO[Si](C)(C)C(C)(C)C)N1C(=O)OCC1O. The predicted molar refractivity (Wildman–Crippen MR) is 81.0 cm³/mol. The zero-order chi connectivity index (χ0) is 15.6. The molecule has 2 atom stereocenters. The van der Waals surface area contributed by atoms with Gasteiger partial charge in [-0.05, 0) is 37.9 Å². The van der Waals surface area contributed by atoms with Crippen molar-refractivity contribution < 1.29 is 19.1 Å². The van der Waals surface area contributed by atoms with Crippen molar-refractivity contribution >= 4 is 14.4 Å². The van der Waals surface area contributed by atoms with Gasteiger partial charge < -0.3 is 14.3 Å². The van der Waals surface area contributed by atoms with Crippen LogP contribution in [-0.4, -0.2) is 49.9 Å². The number of cyclic esters (lactones) is 1. The van der Waals surface area contributed by atoms with E-state index in [1.807, 2.05) is 6.92 Å². The number of carbonyl (C=O) groups excluding carboxylic acids is 1.